The van der Waals surface area contributed by atoms with Gasteiger partial charge in [0, 0.05) is 6.54 Å². The van der Waals surface area contributed by atoms with Crippen LogP contribution in [0, 0.1) is 12.7 Å². The Labute approximate surface area is 84.6 Å². The molecule has 1 aromatic rings. The molecule has 0 bridgehead atoms. The van der Waals surface area contributed by atoms with Gasteiger partial charge in [0.05, 0.1) is 0 Å². The monoisotopic (exact) mass is 193 g/mol. The van der Waals surface area contributed by atoms with Crippen LogP contribution < -0.4 is 5.32 Å². The molecule has 0 radical (unpaired) electrons. The van der Waals surface area contributed by atoms with Crippen LogP contribution in [0.25, 0.3) is 6.08 Å². The minimum atomic E-state index is -0.145. The molecule has 0 saturated carbocycles. The second-order valence-electron chi connectivity index (χ2n) is 3.53. The first-order valence-electron chi connectivity index (χ1n) is 4.71. The van der Waals surface area contributed by atoms with Crippen molar-refractivity contribution in [3.63, 3.8) is 0 Å². The maximum atomic E-state index is 13.0. The highest BCUT2D eigenvalue weighted by atomic mass is 19.1. The number of benzene rings is 1. The van der Waals surface area contributed by atoms with Crippen LogP contribution in [-0.2, 0) is 0 Å². The molecule has 0 aliphatic heterocycles. The van der Waals surface area contributed by atoms with E-state index in [1.807, 2.05) is 13.1 Å². The summed E-state index contributed by atoms with van der Waals surface area (Å²) < 4.78 is 13.0. The van der Waals surface area contributed by atoms with Crippen molar-refractivity contribution in [2.75, 3.05) is 13.6 Å². The molecule has 76 valence electrons. The molecule has 0 aliphatic rings. The number of hydrogen-bond acceptors (Lipinski definition) is 1. The summed E-state index contributed by atoms with van der Waals surface area (Å²) in [6.45, 7) is 4.69. The highest BCUT2D eigenvalue weighted by Gasteiger charge is 1.97. The lowest BCUT2D eigenvalue weighted by Crippen LogP contribution is -2.08. The maximum absolute atomic E-state index is 13.0. The Morgan fingerprint density at radius 3 is 2.79 bits per heavy atom. The van der Waals surface area contributed by atoms with Gasteiger partial charge in [-0.1, -0.05) is 17.7 Å². The van der Waals surface area contributed by atoms with E-state index in [0.717, 1.165) is 12.1 Å². The van der Waals surface area contributed by atoms with Gasteiger partial charge in [0.25, 0.3) is 0 Å². The fourth-order valence-electron chi connectivity index (χ4n) is 1.37. The average Bonchev–Trinajstić information content (AvgIpc) is 2.12. The lowest BCUT2D eigenvalue weighted by molar-refractivity contribution is 0.618. The summed E-state index contributed by atoms with van der Waals surface area (Å²) in [5.74, 6) is -0.145. The Hall–Kier alpha value is -1.15. The molecule has 0 aromatic heterocycles. The molecule has 0 amide bonds. The van der Waals surface area contributed by atoms with Crippen molar-refractivity contribution < 1.29 is 4.39 Å². The smallest absolute Gasteiger partial charge is 0.126 e. The van der Waals surface area contributed by atoms with E-state index >= 15 is 0 Å². The summed E-state index contributed by atoms with van der Waals surface area (Å²) in [6, 6.07) is 5.16. The Morgan fingerprint density at radius 1 is 1.50 bits per heavy atom. The van der Waals surface area contributed by atoms with Gasteiger partial charge in [-0.3, -0.25) is 0 Å². The van der Waals surface area contributed by atoms with E-state index in [9.17, 15) is 4.39 Å². The Balaban J connectivity index is 2.87. The molecule has 1 rings (SSSR count). The van der Waals surface area contributed by atoms with Crippen LogP contribution in [-0.4, -0.2) is 13.6 Å². The van der Waals surface area contributed by atoms with Crippen molar-refractivity contribution in [1.82, 2.24) is 5.32 Å². The van der Waals surface area contributed by atoms with E-state index in [2.05, 4.69) is 18.3 Å². The van der Waals surface area contributed by atoms with E-state index in [1.165, 1.54) is 11.6 Å². The molecule has 2 heteroatoms. The first-order chi connectivity index (χ1) is 6.63. The van der Waals surface area contributed by atoms with E-state index in [0.29, 0.717) is 5.56 Å². The van der Waals surface area contributed by atoms with Gasteiger partial charge in [-0.2, -0.15) is 0 Å². The van der Waals surface area contributed by atoms with Crippen molar-refractivity contribution in [3.8, 4) is 0 Å². The van der Waals surface area contributed by atoms with Gasteiger partial charge < -0.3 is 5.32 Å². The van der Waals surface area contributed by atoms with Crippen molar-refractivity contribution in [1.29, 1.82) is 0 Å². The summed E-state index contributed by atoms with van der Waals surface area (Å²) in [4.78, 5) is 0. The second kappa shape index (κ2) is 4.91. The van der Waals surface area contributed by atoms with Crippen LogP contribution in [0.15, 0.2) is 23.8 Å². The Bertz CT molecular complexity index is 342. The van der Waals surface area contributed by atoms with Crippen molar-refractivity contribution in [2.24, 2.45) is 0 Å². The summed E-state index contributed by atoms with van der Waals surface area (Å²) in [5.41, 5.74) is 2.98. The molecule has 0 unspecified atom stereocenters. The third kappa shape index (κ3) is 2.96. The van der Waals surface area contributed by atoms with Gasteiger partial charge in [0.1, 0.15) is 5.82 Å². The van der Waals surface area contributed by atoms with Gasteiger partial charge in [-0.15, -0.1) is 0 Å². The molecule has 0 fully saturated rings. The predicted octanol–water partition coefficient (Wildman–Crippen LogP) is 2.76. The molecule has 0 spiro atoms. The van der Waals surface area contributed by atoms with Gasteiger partial charge in [-0.25, -0.2) is 4.39 Å². The SMILES string of the molecule is CNCC(C)=Cc1ccc(F)c(C)c1. The van der Waals surface area contributed by atoms with E-state index in [1.54, 1.807) is 13.0 Å². The van der Waals surface area contributed by atoms with Crippen LogP contribution in [0.1, 0.15) is 18.1 Å². The van der Waals surface area contributed by atoms with Crippen LogP contribution in [0.4, 0.5) is 4.39 Å². The van der Waals surface area contributed by atoms with Crippen molar-refractivity contribution >= 4 is 6.08 Å². The van der Waals surface area contributed by atoms with Gasteiger partial charge in [-0.05, 0) is 44.2 Å². The summed E-state index contributed by atoms with van der Waals surface area (Å²) in [7, 11) is 1.91. The Kier molecular flexibility index (Phi) is 3.84. The van der Waals surface area contributed by atoms with Crippen LogP contribution in [0.3, 0.4) is 0 Å². The summed E-state index contributed by atoms with van der Waals surface area (Å²) in [5, 5.41) is 3.07. The van der Waals surface area contributed by atoms with Crippen molar-refractivity contribution in [2.45, 2.75) is 13.8 Å². The van der Waals surface area contributed by atoms with Gasteiger partial charge >= 0.3 is 0 Å². The fraction of sp³-hybridized carbons (Fsp3) is 0.333. The van der Waals surface area contributed by atoms with Crippen molar-refractivity contribution in [3.05, 3.63) is 40.7 Å². The number of rotatable bonds is 3. The number of aryl methyl sites for hydroxylation is 1. The standard InChI is InChI=1S/C12H16FN/c1-9(8-14-3)6-11-4-5-12(13)10(2)7-11/h4-7,14H,8H2,1-3H3. The van der Waals surface area contributed by atoms with E-state index in [-0.39, 0.29) is 5.82 Å². The fourth-order valence-corrected chi connectivity index (χ4v) is 1.37. The zero-order valence-corrected chi connectivity index (χ0v) is 8.89. The minimum absolute atomic E-state index is 0.145. The third-order valence-corrected chi connectivity index (χ3v) is 2.05. The largest absolute Gasteiger partial charge is 0.316 e. The summed E-state index contributed by atoms with van der Waals surface area (Å²) in [6.07, 6.45) is 2.06. The lowest BCUT2D eigenvalue weighted by Gasteiger charge is -2.01. The Morgan fingerprint density at radius 2 is 2.21 bits per heavy atom. The molecule has 1 N–H and O–H groups in total. The topological polar surface area (TPSA) is 12.0 Å². The number of halogens is 1. The molecule has 14 heavy (non-hydrogen) atoms. The lowest BCUT2D eigenvalue weighted by atomic mass is 10.1. The highest BCUT2D eigenvalue weighted by Crippen LogP contribution is 2.12. The maximum Gasteiger partial charge on any atom is 0.126 e. The molecule has 0 saturated heterocycles. The van der Waals surface area contributed by atoms with E-state index in [4.69, 9.17) is 0 Å². The molecular weight excluding hydrogens is 177 g/mol. The molecule has 0 heterocycles. The van der Waals surface area contributed by atoms with E-state index < -0.39 is 0 Å². The number of nitrogens with one attached hydrogen (secondary N) is 1. The van der Waals surface area contributed by atoms with Crippen LogP contribution in [0.5, 0.6) is 0 Å². The van der Waals surface area contributed by atoms with Crippen LogP contribution in [0.2, 0.25) is 0 Å². The molecular formula is C12H16FN. The zero-order valence-electron chi connectivity index (χ0n) is 8.89. The average molecular weight is 193 g/mol. The molecule has 0 atom stereocenters. The zero-order chi connectivity index (χ0) is 10.6. The molecule has 1 aromatic carbocycles. The highest BCUT2D eigenvalue weighted by molar-refractivity contribution is 5.53. The number of likely N-dealkylation sites (N-methyl/N-ethyl adjacent to an activating group) is 1. The first-order valence-corrected chi connectivity index (χ1v) is 4.71. The predicted molar refractivity (Wildman–Crippen MR) is 58.7 cm³/mol. The van der Waals surface area contributed by atoms with Gasteiger partial charge in [0.2, 0.25) is 0 Å². The van der Waals surface area contributed by atoms with Gasteiger partial charge in [0.15, 0.2) is 0 Å². The third-order valence-electron chi connectivity index (χ3n) is 2.05. The minimum Gasteiger partial charge on any atom is -0.316 e. The normalized spacial score (nSPS) is 11.9. The first kappa shape index (κ1) is 10.9. The van der Waals surface area contributed by atoms with Crippen LogP contribution >= 0.6 is 0 Å². The second-order valence-corrected chi connectivity index (χ2v) is 3.53. The summed E-state index contributed by atoms with van der Waals surface area (Å²) >= 11 is 0. The number of hydrogen-bond donors (Lipinski definition) is 1. The quantitative estimate of drug-likeness (QED) is 0.778. The molecule has 1 nitrogen and oxygen atoms in total. The molecule has 0 aliphatic carbocycles.